The monoisotopic (exact) mass is 194 g/mol. The van der Waals surface area contributed by atoms with Crippen LogP contribution in [-0.4, -0.2) is 9.96 Å². The normalized spacial score (nSPS) is 18.9. The van der Waals surface area contributed by atoms with Gasteiger partial charge in [-0.05, 0) is 17.2 Å². The van der Waals surface area contributed by atoms with E-state index >= 15 is 0 Å². The van der Waals surface area contributed by atoms with Gasteiger partial charge in [0.05, 0.1) is 16.6 Å². The second-order valence-corrected chi connectivity index (χ2v) is 4.01. The van der Waals surface area contributed by atoms with Gasteiger partial charge in [-0.25, -0.2) is 0 Å². The Labute approximate surface area is 81.9 Å². The Morgan fingerprint density at radius 2 is 1.92 bits per heavy atom. The standard InChI is InChI=1S/C9H8OS.C2H6/c1-7-6-11(10)9-5-3-2-4-8(7)9;1-2/h2-5H,1,6H2;1-2H3. The predicted octanol–water partition coefficient (Wildman–Crippen LogP) is 2.85. The van der Waals surface area contributed by atoms with Crippen molar-refractivity contribution >= 4 is 16.4 Å². The molecule has 1 aromatic rings. The summed E-state index contributed by atoms with van der Waals surface area (Å²) in [6, 6.07) is 7.74. The minimum Gasteiger partial charge on any atom is -0.254 e. The molecule has 0 aromatic heterocycles. The third-order valence-electron chi connectivity index (χ3n) is 1.82. The molecule has 0 bridgehead atoms. The molecule has 0 fully saturated rings. The van der Waals surface area contributed by atoms with E-state index in [1.807, 2.05) is 38.1 Å². The zero-order valence-corrected chi connectivity index (χ0v) is 8.86. The van der Waals surface area contributed by atoms with Crippen LogP contribution in [0.3, 0.4) is 0 Å². The molecule has 0 aliphatic carbocycles. The highest BCUT2D eigenvalue weighted by atomic mass is 32.2. The molecule has 0 amide bonds. The molecule has 0 N–H and O–H groups in total. The van der Waals surface area contributed by atoms with E-state index in [1.54, 1.807) is 0 Å². The van der Waals surface area contributed by atoms with Gasteiger partial charge < -0.3 is 0 Å². The highest BCUT2D eigenvalue weighted by Crippen LogP contribution is 2.29. The fraction of sp³-hybridized carbons (Fsp3) is 0.273. The molecule has 13 heavy (non-hydrogen) atoms. The number of benzene rings is 1. The molecule has 0 spiro atoms. The van der Waals surface area contributed by atoms with Crippen molar-refractivity contribution in [2.24, 2.45) is 0 Å². The largest absolute Gasteiger partial charge is 0.254 e. The van der Waals surface area contributed by atoms with Crippen molar-refractivity contribution in [3.8, 4) is 0 Å². The molecule has 1 aliphatic rings. The molecular weight excluding hydrogens is 180 g/mol. The fourth-order valence-corrected chi connectivity index (χ4v) is 2.59. The zero-order chi connectivity index (χ0) is 9.84. The van der Waals surface area contributed by atoms with E-state index in [-0.39, 0.29) is 0 Å². The van der Waals surface area contributed by atoms with Crippen molar-refractivity contribution in [3.63, 3.8) is 0 Å². The topological polar surface area (TPSA) is 17.1 Å². The Morgan fingerprint density at radius 3 is 2.54 bits per heavy atom. The van der Waals surface area contributed by atoms with E-state index in [2.05, 4.69) is 6.58 Å². The molecule has 1 aliphatic heterocycles. The second kappa shape index (κ2) is 4.38. The highest BCUT2D eigenvalue weighted by Gasteiger charge is 2.19. The molecule has 2 heteroatoms. The van der Waals surface area contributed by atoms with Crippen LogP contribution in [0.15, 0.2) is 35.7 Å². The van der Waals surface area contributed by atoms with Crippen LogP contribution in [0.4, 0.5) is 0 Å². The Morgan fingerprint density at radius 1 is 1.31 bits per heavy atom. The lowest BCUT2D eigenvalue weighted by molar-refractivity contribution is 0.686. The lowest BCUT2D eigenvalue weighted by atomic mass is 10.1. The lowest BCUT2D eigenvalue weighted by Gasteiger charge is -1.93. The van der Waals surface area contributed by atoms with Crippen molar-refractivity contribution in [2.75, 3.05) is 5.75 Å². The van der Waals surface area contributed by atoms with Gasteiger partial charge in [-0.1, -0.05) is 38.6 Å². The summed E-state index contributed by atoms with van der Waals surface area (Å²) >= 11 is 0. The van der Waals surface area contributed by atoms with Gasteiger partial charge >= 0.3 is 0 Å². The van der Waals surface area contributed by atoms with Gasteiger partial charge in [0.1, 0.15) is 0 Å². The summed E-state index contributed by atoms with van der Waals surface area (Å²) in [4.78, 5) is 0.942. The lowest BCUT2D eigenvalue weighted by Crippen LogP contribution is -1.85. The average molecular weight is 194 g/mol. The molecule has 1 aromatic carbocycles. The van der Waals surface area contributed by atoms with E-state index in [4.69, 9.17) is 0 Å². The van der Waals surface area contributed by atoms with E-state index in [0.29, 0.717) is 5.75 Å². The van der Waals surface area contributed by atoms with Crippen LogP contribution in [0.5, 0.6) is 0 Å². The first-order chi connectivity index (χ1) is 6.29. The number of rotatable bonds is 0. The summed E-state index contributed by atoms with van der Waals surface area (Å²) in [5.74, 6) is 0.610. The van der Waals surface area contributed by atoms with Crippen molar-refractivity contribution in [1.29, 1.82) is 0 Å². The van der Waals surface area contributed by atoms with Gasteiger partial charge in [-0.15, -0.1) is 0 Å². The third kappa shape index (κ3) is 1.89. The van der Waals surface area contributed by atoms with Crippen LogP contribution >= 0.6 is 0 Å². The summed E-state index contributed by atoms with van der Waals surface area (Å²) in [6.45, 7) is 7.85. The van der Waals surface area contributed by atoms with Crippen LogP contribution in [-0.2, 0) is 10.8 Å². The summed E-state index contributed by atoms with van der Waals surface area (Å²) in [6.07, 6.45) is 0. The predicted molar refractivity (Wildman–Crippen MR) is 58.1 cm³/mol. The summed E-state index contributed by atoms with van der Waals surface area (Å²) < 4.78 is 11.3. The molecule has 1 unspecified atom stereocenters. The van der Waals surface area contributed by atoms with E-state index < -0.39 is 10.8 Å². The molecule has 1 atom stereocenters. The Balaban J connectivity index is 0.000000396. The molecular formula is C11H14OS. The first kappa shape index (κ1) is 10.2. The molecule has 0 saturated carbocycles. The Kier molecular flexibility index (Phi) is 3.43. The molecule has 1 nitrogen and oxygen atoms in total. The summed E-state index contributed by atoms with van der Waals surface area (Å²) in [7, 11) is -0.827. The van der Waals surface area contributed by atoms with Crippen molar-refractivity contribution in [2.45, 2.75) is 18.7 Å². The van der Waals surface area contributed by atoms with Gasteiger partial charge in [-0.2, -0.15) is 0 Å². The van der Waals surface area contributed by atoms with Gasteiger partial charge in [0.15, 0.2) is 0 Å². The van der Waals surface area contributed by atoms with E-state index in [9.17, 15) is 4.21 Å². The smallest absolute Gasteiger partial charge is 0.0580 e. The first-order valence-electron chi connectivity index (χ1n) is 4.44. The Bertz CT molecular complexity index is 309. The maximum atomic E-state index is 11.3. The molecule has 1 heterocycles. The molecule has 0 radical (unpaired) electrons. The van der Waals surface area contributed by atoms with Crippen LogP contribution in [0.25, 0.3) is 5.57 Å². The summed E-state index contributed by atoms with van der Waals surface area (Å²) in [5, 5.41) is 0. The van der Waals surface area contributed by atoms with E-state index in [0.717, 1.165) is 16.0 Å². The Hall–Kier alpha value is -0.890. The number of hydrogen-bond donors (Lipinski definition) is 0. The minimum atomic E-state index is -0.827. The van der Waals surface area contributed by atoms with E-state index in [1.165, 1.54) is 0 Å². The second-order valence-electron chi connectivity index (χ2n) is 2.59. The maximum Gasteiger partial charge on any atom is 0.0580 e. The van der Waals surface area contributed by atoms with Gasteiger partial charge in [-0.3, -0.25) is 4.21 Å². The van der Waals surface area contributed by atoms with Crippen LogP contribution < -0.4 is 0 Å². The quantitative estimate of drug-likeness (QED) is 0.620. The van der Waals surface area contributed by atoms with Gasteiger partial charge in [0.2, 0.25) is 0 Å². The maximum absolute atomic E-state index is 11.3. The van der Waals surface area contributed by atoms with Gasteiger partial charge in [0.25, 0.3) is 0 Å². The number of fused-ring (bicyclic) bond motifs is 1. The SMILES string of the molecule is C=C1CS(=O)c2ccccc21.CC. The van der Waals surface area contributed by atoms with Crippen LogP contribution in [0.1, 0.15) is 19.4 Å². The first-order valence-corrected chi connectivity index (χ1v) is 5.76. The van der Waals surface area contributed by atoms with Crippen molar-refractivity contribution < 1.29 is 4.21 Å². The van der Waals surface area contributed by atoms with Gasteiger partial charge in [0, 0.05) is 4.90 Å². The molecule has 70 valence electrons. The number of hydrogen-bond acceptors (Lipinski definition) is 1. The molecule has 2 rings (SSSR count). The highest BCUT2D eigenvalue weighted by molar-refractivity contribution is 7.86. The van der Waals surface area contributed by atoms with Crippen molar-refractivity contribution in [3.05, 3.63) is 36.4 Å². The van der Waals surface area contributed by atoms with Crippen molar-refractivity contribution in [1.82, 2.24) is 0 Å². The molecule has 0 saturated heterocycles. The third-order valence-corrected chi connectivity index (χ3v) is 3.28. The average Bonchev–Trinajstić information content (AvgIpc) is 2.47. The van der Waals surface area contributed by atoms with Crippen LogP contribution in [0, 0.1) is 0 Å². The minimum absolute atomic E-state index is 0.610. The van der Waals surface area contributed by atoms with Crippen LogP contribution in [0.2, 0.25) is 0 Å². The summed E-state index contributed by atoms with van der Waals surface area (Å²) in [5.41, 5.74) is 2.07. The zero-order valence-electron chi connectivity index (χ0n) is 8.04. The fourth-order valence-electron chi connectivity index (χ4n) is 1.27.